The molecule has 5 aliphatic carbocycles. The van der Waals surface area contributed by atoms with Gasteiger partial charge < -0.3 is 14.6 Å². The fourth-order valence-corrected chi connectivity index (χ4v) is 9.00. The van der Waals surface area contributed by atoms with Gasteiger partial charge in [0.1, 0.15) is 5.78 Å². The molecule has 1 spiro atoms. The molecule has 0 aromatic rings. The van der Waals surface area contributed by atoms with Gasteiger partial charge in [0, 0.05) is 31.0 Å². The maximum Gasteiger partial charge on any atom is 0.312 e. The number of hydrogen-bond acceptors (Lipinski definition) is 6. The zero-order valence-corrected chi connectivity index (χ0v) is 18.1. The van der Waals surface area contributed by atoms with E-state index in [2.05, 4.69) is 11.8 Å². The lowest BCUT2D eigenvalue weighted by molar-refractivity contribution is -0.262. The van der Waals surface area contributed by atoms with E-state index in [4.69, 9.17) is 9.47 Å². The molecular weight excluding hydrogens is 382 g/mol. The number of aliphatic hydroxyl groups is 1. The monoisotopic (exact) mass is 417 g/mol. The molecule has 0 aromatic heterocycles. The SMILES string of the molecule is C[C@]12CCCC3(C(=O)OC1)C2C[C@@H](O)[C@@]12CC[C@@H](CC31)[C@H](CN1CCOCC1)C2=O. The third-order valence-electron chi connectivity index (χ3n) is 10.4. The van der Waals surface area contributed by atoms with Crippen molar-refractivity contribution in [2.75, 3.05) is 39.5 Å². The van der Waals surface area contributed by atoms with Crippen molar-refractivity contribution < 1.29 is 24.2 Å². The molecule has 30 heavy (non-hydrogen) atoms. The Morgan fingerprint density at radius 3 is 2.67 bits per heavy atom. The zero-order valence-electron chi connectivity index (χ0n) is 18.1. The second kappa shape index (κ2) is 6.52. The van der Waals surface area contributed by atoms with Crippen LogP contribution in [-0.4, -0.2) is 67.3 Å². The average Bonchev–Trinajstić information content (AvgIpc) is 2.75. The molecule has 1 N–H and O–H groups in total. The predicted molar refractivity (Wildman–Crippen MR) is 108 cm³/mol. The first-order valence-corrected chi connectivity index (χ1v) is 12.1. The number of Topliss-reactive ketones (excluding diaryl/α,β-unsaturated/α-hetero) is 1. The van der Waals surface area contributed by atoms with E-state index in [1.807, 2.05) is 0 Å². The number of hydrogen-bond donors (Lipinski definition) is 1. The van der Waals surface area contributed by atoms with Gasteiger partial charge in [0.25, 0.3) is 0 Å². The Balaban J connectivity index is 1.38. The van der Waals surface area contributed by atoms with Crippen molar-refractivity contribution in [3.63, 3.8) is 0 Å². The number of carbonyl (C=O) groups excluding carboxylic acids is 2. The highest BCUT2D eigenvalue weighted by atomic mass is 16.5. The molecule has 7 fully saturated rings. The Hall–Kier alpha value is -0.980. The van der Waals surface area contributed by atoms with E-state index < -0.39 is 16.9 Å². The summed E-state index contributed by atoms with van der Waals surface area (Å²) >= 11 is 0. The first kappa shape index (κ1) is 19.7. The number of ketones is 1. The van der Waals surface area contributed by atoms with Crippen LogP contribution in [0, 0.1) is 39.9 Å². The van der Waals surface area contributed by atoms with Crippen LogP contribution in [0.1, 0.15) is 51.9 Å². The summed E-state index contributed by atoms with van der Waals surface area (Å²) in [5.74, 6) is 0.619. The van der Waals surface area contributed by atoms with Gasteiger partial charge in [-0.15, -0.1) is 0 Å². The quantitative estimate of drug-likeness (QED) is 0.693. The summed E-state index contributed by atoms with van der Waals surface area (Å²) in [4.78, 5) is 29.8. The van der Waals surface area contributed by atoms with Crippen molar-refractivity contribution in [2.24, 2.45) is 39.9 Å². The molecule has 8 atom stereocenters. The normalized spacial score (nSPS) is 53.1. The summed E-state index contributed by atoms with van der Waals surface area (Å²) in [5.41, 5.74) is -1.35. The lowest BCUT2D eigenvalue weighted by Gasteiger charge is -2.70. The molecule has 2 saturated heterocycles. The molecule has 166 valence electrons. The molecule has 7 rings (SSSR count). The van der Waals surface area contributed by atoms with Gasteiger partial charge in [-0.2, -0.15) is 0 Å². The lowest BCUT2D eigenvalue weighted by atomic mass is 9.34. The van der Waals surface area contributed by atoms with Crippen molar-refractivity contribution in [3.8, 4) is 0 Å². The van der Waals surface area contributed by atoms with Crippen LogP contribution in [0.3, 0.4) is 0 Å². The van der Waals surface area contributed by atoms with E-state index in [0.29, 0.717) is 18.9 Å². The summed E-state index contributed by atoms with van der Waals surface area (Å²) in [6, 6.07) is 0. The minimum Gasteiger partial charge on any atom is -0.465 e. The molecular formula is C24H35NO5. The van der Waals surface area contributed by atoms with E-state index in [-0.39, 0.29) is 34.9 Å². The van der Waals surface area contributed by atoms with Crippen LogP contribution in [0.5, 0.6) is 0 Å². The molecule has 2 aliphatic heterocycles. The number of fused-ring (bicyclic) bond motifs is 2. The summed E-state index contributed by atoms with van der Waals surface area (Å²) < 4.78 is 11.3. The van der Waals surface area contributed by atoms with Gasteiger partial charge in [-0.25, -0.2) is 0 Å². The Kier molecular flexibility index (Phi) is 4.28. The van der Waals surface area contributed by atoms with Gasteiger partial charge in [0.05, 0.1) is 36.8 Å². The number of cyclic esters (lactones) is 1. The van der Waals surface area contributed by atoms with Crippen LogP contribution < -0.4 is 0 Å². The highest BCUT2D eigenvalue weighted by molar-refractivity contribution is 5.92. The topological polar surface area (TPSA) is 76.1 Å². The predicted octanol–water partition coefficient (Wildman–Crippen LogP) is 2.03. The van der Waals surface area contributed by atoms with Gasteiger partial charge in [0.2, 0.25) is 0 Å². The number of esters is 1. The van der Waals surface area contributed by atoms with Crippen LogP contribution in [0.15, 0.2) is 0 Å². The Morgan fingerprint density at radius 2 is 1.87 bits per heavy atom. The maximum absolute atomic E-state index is 14.1. The van der Waals surface area contributed by atoms with Crippen molar-refractivity contribution in [1.82, 2.24) is 4.90 Å². The van der Waals surface area contributed by atoms with Gasteiger partial charge in [-0.05, 0) is 56.3 Å². The molecule has 2 heterocycles. The molecule has 0 radical (unpaired) electrons. The second-order valence-electron chi connectivity index (χ2n) is 11.4. The molecule has 4 bridgehead atoms. The van der Waals surface area contributed by atoms with Crippen molar-refractivity contribution in [2.45, 2.75) is 58.0 Å². The maximum atomic E-state index is 14.1. The number of morpholine rings is 1. The van der Waals surface area contributed by atoms with E-state index in [9.17, 15) is 14.7 Å². The summed E-state index contributed by atoms with van der Waals surface area (Å²) in [6.07, 6.45) is 5.53. The van der Waals surface area contributed by atoms with Crippen molar-refractivity contribution >= 4 is 11.8 Å². The minimum atomic E-state index is -0.739. The smallest absolute Gasteiger partial charge is 0.312 e. The van der Waals surface area contributed by atoms with Crippen molar-refractivity contribution in [1.29, 1.82) is 0 Å². The molecule has 5 saturated carbocycles. The summed E-state index contributed by atoms with van der Waals surface area (Å²) in [5, 5.41) is 11.6. The molecule has 6 heteroatoms. The lowest BCUT2D eigenvalue weighted by Crippen LogP contribution is -2.74. The van der Waals surface area contributed by atoms with E-state index in [1.165, 1.54) is 0 Å². The fraction of sp³-hybridized carbons (Fsp3) is 0.917. The van der Waals surface area contributed by atoms with Crippen LogP contribution in [-0.2, 0) is 19.1 Å². The highest BCUT2D eigenvalue weighted by Gasteiger charge is 2.76. The molecule has 3 unspecified atom stereocenters. The number of rotatable bonds is 2. The number of aliphatic hydroxyl groups excluding tert-OH is 1. The van der Waals surface area contributed by atoms with Crippen LogP contribution in [0.2, 0.25) is 0 Å². The van der Waals surface area contributed by atoms with Crippen LogP contribution in [0.25, 0.3) is 0 Å². The van der Waals surface area contributed by atoms with E-state index >= 15 is 0 Å². The number of ether oxygens (including phenoxy) is 2. The Morgan fingerprint density at radius 1 is 1.07 bits per heavy atom. The van der Waals surface area contributed by atoms with Crippen molar-refractivity contribution in [3.05, 3.63) is 0 Å². The van der Waals surface area contributed by atoms with E-state index in [1.54, 1.807) is 0 Å². The molecule has 7 aliphatic rings. The van der Waals surface area contributed by atoms with Gasteiger partial charge in [-0.1, -0.05) is 13.3 Å². The molecule has 0 amide bonds. The Labute approximate surface area is 178 Å². The summed E-state index contributed by atoms with van der Waals surface area (Å²) in [7, 11) is 0. The first-order valence-electron chi connectivity index (χ1n) is 12.1. The fourth-order valence-electron chi connectivity index (χ4n) is 9.00. The summed E-state index contributed by atoms with van der Waals surface area (Å²) in [6.45, 7) is 6.73. The highest BCUT2D eigenvalue weighted by Crippen LogP contribution is 2.72. The average molecular weight is 418 g/mol. The largest absolute Gasteiger partial charge is 0.465 e. The van der Waals surface area contributed by atoms with E-state index in [0.717, 1.165) is 71.4 Å². The first-order chi connectivity index (χ1) is 14.4. The molecule has 6 nitrogen and oxygen atoms in total. The standard InChI is InChI=1S/C24H35NO5/c1-22-4-2-5-23(21(28)30-14-22)17(22)12-19(26)24-6-3-15(11-18(23)24)16(20(24)27)13-25-7-9-29-10-8-25/h15-19,26H,2-14H2,1H3/t15-,16-,17?,18?,19+,22-,23?,24+/m0/s1. The third-order valence-corrected chi connectivity index (χ3v) is 10.4. The number of carbonyl (C=O) groups is 2. The van der Waals surface area contributed by atoms with Gasteiger partial charge >= 0.3 is 5.97 Å². The second-order valence-corrected chi connectivity index (χ2v) is 11.4. The number of nitrogens with zero attached hydrogens (tertiary/aromatic N) is 1. The van der Waals surface area contributed by atoms with Gasteiger partial charge in [-0.3, -0.25) is 14.5 Å². The van der Waals surface area contributed by atoms with Crippen LogP contribution >= 0.6 is 0 Å². The van der Waals surface area contributed by atoms with Crippen LogP contribution in [0.4, 0.5) is 0 Å². The van der Waals surface area contributed by atoms with Gasteiger partial charge in [0.15, 0.2) is 0 Å². The third kappa shape index (κ3) is 2.31. The zero-order chi connectivity index (χ0) is 20.7. The molecule has 0 aromatic carbocycles. The Bertz CT molecular complexity index is 765. The minimum absolute atomic E-state index is 0.00900.